The highest BCUT2D eigenvalue weighted by Gasteiger charge is 2.57. The van der Waals surface area contributed by atoms with Crippen LogP contribution in [0, 0.1) is 5.92 Å². The number of thioether (sulfide) groups is 1. The van der Waals surface area contributed by atoms with Gasteiger partial charge in [-0.25, -0.2) is 4.90 Å². The summed E-state index contributed by atoms with van der Waals surface area (Å²) in [6.07, 6.45) is -8.19. The molecule has 6 rings (SSSR count). The summed E-state index contributed by atoms with van der Waals surface area (Å²) in [4.78, 5) is 53.7. The van der Waals surface area contributed by atoms with Gasteiger partial charge >= 0.3 is 17.2 Å². The summed E-state index contributed by atoms with van der Waals surface area (Å²) in [7, 11) is 0. The van der Waals surface area contributed by atoms with Crippen molar-refractivity contribution in [2.24, 2.45) is 5.92 Å². The maximum atomic E-state index is 13.7. The molecule has 228 valence electrons. The lowest BCUT2D eigenvalue weighted by Crippen LogP contribution is -2.33. The molecule has 4 aromatic rings. The number of anilines is 2. The molecule has 1 N–H and O–H groups in total. The van der Waals surface area contributed by atoms with E-state index in [1.54, 1.807) is 0 Å². The van der Waals surface area contributed by atoms with Crippen LogP contribution in [0.5, 0.6) is 0 Å². The summed E-state index contributed by atoms with van der Waals surface area (Å²) in [5.41, 5.74) is -2.96. The van der Waals surface area contributed by atoms with Gasteiger partial charge in [0, 0.05) is 0 Å². The van der Waals surface area contributed by atoms with E-state index < -0.39 is 75.4 Å². The third-order valence-corrected chi connectivity index (χ3v) is 9.74. The molecule has 16 heteroatoms. The quantitative estimate of drug-likeness (QED) is 0.210. The Balaban J connectivity index is 1.37. The van der Waals surface area contributed by atoms with Gasteiger partial charge in [0.05, 0.1) is 50.5 Å². The van der Waals surface area contributed by atoms with Crippen LogP contribution in [0.2, 0.25) is 0 Å². The average molecular weight is 654 g/mol. The lowest BCUT2D eigenvalue weighted by atomic mass is 9.87. The minimum Gasteiger partial charge on any atom is -0.469 e. The number of para-hydroxylation sites is 1. The van der Waals surface area contributed by atoms with Crippen molar-refractivity contribution in [2.75, 3.05) is 10.2 Å². The standard InChI is InChI=1S/C28H17F6N3O5S2/c29-27(30,31)13-5-3-6-14(11-13)37-23(39)20-19(17-9-4-10-42-17)22-25(43-21(20)24(37)40)36(26(41)44-22)12-18(38)35-16-8-2-1-7-15(16)28(32,33)34/h1-11,19-21H,12H2,(H,35,38). The molecule has 2 aliphatic rings. The molecule has 3 atom stereocenters. The molecule has 4 heterocycles. The summed E-state index contributed by atoms with van der Waals surface area (Å²) in [5, 5.41) is 1.08. The average Bonchev–Trinajstić information content (AvgIpc) is 3.65. The van der Waals surface area contributed by atoms with Crippen LogP contribution in [-0.2, 0) is 33.3 Å². The van der Waals surface area contributed by atoms with Crippen LogP contribution in [0.1, 0.15) is 27.7 Å². The Morgan fingerprint density at radius 3 is 2.34 bits per heavy atom. The number of fused-ring (bicyclic) bond motifs is 2. The number of imide groups is 1. The van der Waals surface area contributed by atoms with E-state index >= 15 is 0 Å². The number of thiazole rings is 1. The second-order valence-corrected chi connectivity index (χ2v) is 12.0. The van der Waals surface area contributed by atoms with Crippen LogP contribution in [-0.4, -0.2) is 27.5 Å². The first-order valence-corrected chi connectivity index (χ1v) is 14.4. The largest absolute Gasteiger partial charge is 0.469 e. The van der Waals surface area contributed by atoms with Crippen molar-refractivity contribution in [1.82, 2.24) is 4.57 Å². The lowest BCUT2D eigenvalue weighted by molar-refractivity contribution is -0.138. The van der Waals surface area contributed by atoms with Crippen molar-refractivity contribution in [3.05, 3.63) is 98.4 Å². The fourth-order valence-electron chi connectivity index (χ4n) is 5.28. The van der Waals surface area contributed by atoms with Gasteiger partial charge in [0.15, 0.2) is 0 Å². The number of carbonyl (C=O) groups excluding carboxylic acids is 3. The maximum absolute atomic E-state index is 13.7. The minimum atomic E-state index is -4.76. The summed E-state index contributed by atoms with van der Waals surface area (Å²) < 4.78 is 87.1. The van der Waals surface area contributed by atoms with Gasteiger partial charge in [0.1, 0.15) is 17.6 Å². The highest BCUT2D eigenvalue weighted by Crippen LogP contribution is 2.54. The summed E-state index contributed by atoms with van der Waals surface area (Å²) in [5.74, 6) is -4.56. The molecule has 8 nitrogen and oxygen atoms in total. The second-order valence-electron chi connectivity index (χ2n) is 9.83. The Morgan fingerprint density at radius 2 is 1.66 bits per heavy atom. The summed E-state index contributed by atoms with van der Waals surface area (Å²) >= 11 is 1.46. The normalized spacial score (nSPS) is 20.0. The third kappa shape index (κ3) is 5.11. The first-order valence-electron chi connectivity index (χ1n) is 12.7. The molecule has 2 aromatic carbocycles. The van der Waals surface area contributed by atoms with Gasteiger partial charge in [-0.05, 0) is 42.5 Å². The maximum Gasteiger partial charge on any atom is 0.418 e. The van der Waals surface area contributed by atoms with Crippen LogP contribution in [0.15, 0.2) is 81.2 Å². The molecule has 0 bridgehead atoms. The third-order valence-electron chi connectivity index (χ3n) is 7.14. The first kappa shape index (κ1) is 29.7. The second kappa shape index (κ2) is 10.7. The van der Waals surface area contributed by atoms with Gasteiger partial charge in [-0.3, -0.25) is 23.7 Å². The molecule has 1 fully saturated rings. The van der Waals surface area contributed by atoms with E-state index in [2.05, 4.69) is 5.32 Å². The zero-order valence-corrected chi connectivity index (χ0v) is 23.4. The van der Waals surface area contributed by atoms with E-state index in [1.807, 2.05) is 0 Å². The van der Waals surface area contributed by atoms with Crippen LogP contribution in [0.4, 0.5) is 37.7 Å². The summed E-state index contributed by atoms with van der Waals surface area (Å²) in [6.45, 7) is -0.717. The predicted molar refractivity (Wildman–Crippen MR) is 146 cm³/mol. The van der Waals surface area contributed by atoms with Crippen molar-refractivity contribution >= 4 is 52.2 Å². The molecule has 1 saturated heterocycles. The number of furan rings is 1. The number of benzene rings is 2. The molecule has 0 saturated carbocycles. The SMILES string of the molecule is O=C(Cn1c2c(sc1=O)C(c1ccco1)C1C(=O)N(c3cccc(C(F)(F)F)c3)C(=O)C1S2)Nc1ccccc1C(F)(F)F. The van der Waals surface area contributed by atoms with Crippen molar-refractivity contribution in [1.29, 1.82) is 0 Å². The van der Waals surface area contributed by atoms with E-state index in [0.717, 1.165) is 46.7 Å². The zero-order chi connectivity index (χ0) is 31.6. The van der Waals surface area contributed by atoms with Gasteiger partial charge in [0.25, 0.3) is 0 Å². The molecular weight excluding hydrogens is 636 g/mol. The molecule has 0 radical (unpaired) electrons. The number of rotatable bonds is 5. The van der Waals surface area contributed by atoms with Crippen LogP contribution in [0.3, 0.4) is 0 Å². The highest BCUT2D eigenvalue weighted by molar-refractivity contribution is 8.00. The number of carbonyl (C=O) groups is 3. The van der Waals surface area contributed by atoms with Crippen molar-refractivity contribution in [3.63, 3.8) is 0 Å². The van der Waals surface area contributed by atoms with E-state index in [-0.39, 0.29) is 21.4 Å². The molecule has 3 amide bonds. The van der Waals surface area contributed by atoms with Gasteiger partial charge < -0.3 is 9.73 Å². The van der Waals surface area contributed by atoms with E-state index in [9.17, 15) is 45.5 Å². The number of nitrogens with one attached hydrogen (secondary N) is 1. The fourth-order valence-corrected chi connectivity index (χ4v) is 8.03. The Morgan fingerprint density at radius 1 is 0.909 bits per heavy atom. The molecule has 0 aliphatic carbocycles. The summed E-state index contributed by atoms with van der Waals surface area (Å²) in [6, 6.07) is 11.1. The number of hydrogen-bond donors (Lipinski definition) is 1. The topological polar surface area (TPSA) is 102 Å². The van der Waals surface area contributed by atoms with Gasteiger partial charge in [-0.1, -0.05) is 41.3 Å². The predicted octanol–water partition coefficient (Wildman–Crippen LogP) is 5.97. The minimum absolute atomic E-state index is 0.119. The van der Waals surface area contributed by atoms with Crippen LogP contribution >= 0.6 is 23.1 Å². The molecule has 2 aromatic heterocycles. The number of nitrogens with zero attached hydrogens (tertiary/aromatic N) is 2. The first-order chi connectivity index (χ1) is 20.8. The van der Waals surface area contributed by atoms with E-state index in [4.69, 9.17) is 4.42 Å². The van der Waals surface area contributed by atoms with Crippen LogP contribution in [0.25, 0.3) is 0 Å². The molecule has 2 aliphatic heterocycles. The lowest BCUT2D eigenvalue weighted by Gasteiger charge is -2.29. The van der Waals surface area contributed by atoms with Crippen molar-refractivity contribution < 1.29 is 45.1 Å². The molecular formula is C28H17F6N3O5S2. The molecule has 0 spiro atoms. The highest BCUT2D eigenvalue weighted by atomic mass is 32.2. The van der Waals surface area contributed by atoms with Crippen LogP contribution < -0.4 is 15.1 Å². The van der Waals surface area contributed by atoms with E-state index in [1.165, 1.54) is 30.5 Å². The number of hydrogen-bond acceptors (Lipinski definition) is 7. The van der Waals surface area contributed by atoms with Crippen molar-refractivity contribution in [3.8, 4) is 0 Å². The van der Waals surface area contributed by atoms with E-state index in [0.29, 0.717) is 22.3 Å². The van der Waals surface area contributed by atoms with Gasteiger partial charge in [-0.2, -0.15) is 26.3 Å². The zero-order valence-electron chi connectivity index (χ0n) is 21.8. The molecule has 44 heavy (non-hydrogen) atoms. The monoisotopic (exact) mass is 653 g/mol. The van der Waals surface area contributed by atoms with Gasteiger partial charge in [-0.15, -0.1) is 0 Å². The Kier molecular flexibility index (Phi) is 7.23. The smallest absolute Gasteiger partial charge is 0.418 e. The Hall–Kier alpha value is -4.31. The fraction of sp³-hybridized carbons (Fsp3) is 0.214. The number of aromatic nitrogens is 1. The van der Waals surface area contributed by atoms with Gasteiger partial charge in [0.2, 0.25) is 17.7 Å². The Labute approximate surface area is 251 Å². The number of amides is 3. The Bertz CT molecular complexity index is 1850. The van der Waals surface area contributed by atoms with Crippen molar-refractivity contribution in [2.45, 2.75) is 35.1 Å². The molecule has 3 unspecified atom stereocenters. The number of alkyl halides is 6. The number of halogens is 6.